The summed E-state index contributed by atoms with van der Waals surface area (Å²) in [7, 11) is 4.01. The SMILES string of the molecule is COC(=O)COc1ccc(C(=O)Nc2ccc(OC)c(F)c2)cc1OC. The molecule has 0 unspecified atom stereocenters. The normalized spacial score (nSPS) is 10.0. The average molecular weight is 363 g/mol. The van der Waals surface area contributed by atoms with Gasteiger partial charge in [-0.3, -0.25) is 4.79 Å². The number of amides is 1. The molecule has 2 aromatic rings. The van der Waals surface area contributed by atoms with Crippen molar-refractivity contribution in [1.29, 1.82) is 0 Å². The number of anilines is 1. The number of halogens is 1. The van der Waals surface area contributed by atoms with Crippen LogP contribution in [-0.4, -0.2) is 39.8 Å². The minimum atomic E-state index is -0.588. The minimum Gasteiger partial charge on any atom is -0.494 e. The van der Waals surface area contributed by atoms with E-state index in [-0.39, 0.29) is 35.1 Å². The predicted octanol–water partition coefficient (Wildman–Crippen LogP) is 2.65. The van der Waals surface area contributed by atoms with Crippen LogP contribution in [0.2, 0.25) is 0 Å². The van der Waals surface area contributed by atoms with Crippen LogP contribution in [0.5, 0.6) is 17.2 Å². The lowest BCUT2D eigenvalue weighted by atomic mass is 10.1. The fourth-order valence-electron chi connectivity index (χ4n) is 2.07. The van der Waals surface area contributed by atoms with E-state index in [4.69, 9.17) is 14.2 Å². The summed E-state index contributed by atoms with van der Waals surface area (Å²) in [6.07, 6.45) is 0. The molecule has 0 spiro atoms. The Morgan fingerprint density at radius 2 is 1.65 bits per heavy atom. The number of hydrogen-bond acceptors (Lipinski definition) is 6. The maximum absolute atomic E-state index is 13.7. The fourth-order valence-corrected chi connectivity index (χ4v) is 2.07. The van der Waals surface area contributed by atoms with Gasteiger partial charge in [0.05, 0.1) is 21.3 Å². The van der Waals surface area contributed by atoms with E-state index in [9.17, 15) is 14.0 Å². The van der Waals surface area contributed by atoms with Gasteiger partial charge in [-0.2, -0.15) is 0 Å². The molecule has 1 N–H and O–H groups in total. The van der Waals surface area contributed by atoms with Gasteiger partial charge in [0.25, 0.3) is 5.91 Å². The van der Waals surface area contributed by atoms with Crippen molar-refractivity contribution >= 4 is 17.6 Å². The van der Waals surface area contributed by atoms with Gasteiger partial charge in [-0.1, -0.05) is 0 Å². The third-order valence-electron chi connectivity index (χ3n) is 3.41. The maximum atomic E-state index is 13.7. The summed E-state index contributed by atoms with van der Waals surface area (Å²) >= 11 is 0. The van der Waals surface area contributed by atoms with Gasteiger partial charge in [-0.15, -0.1) is 0 Å². The first-order valence-corrected chi connectivity index (χ1v) is 7.51. The van der Waals surface area contributed by atoms with Crippen LogP contribution >= 0.6 is 0 Å². The van der Waals surface area contributed by atoms with Gasteiger partial charge in [0.1, 0.15) is 0 Å². The van der Waals surface area contributed by atoms with Gasteiger partial charge in [0.15, 0.2) is 29.7 Å². The second kappa shape index (κ2) is 8.70. The van der Waals surface area contributed by atoms with Crippen LogP contribution in [0, 0.1) is 5.82 Å². The molecule has 0 saturated carbocycles. The highest BCUT2D eigenvalue weighted by atomic mass is 19.1. The summed E-state index contributed by atoms with van der Waals surface area (Å²) in [6, 6.07) is 8.51. The van der Waals surface area contributed by atoms with Crippen molar-refractivity contribution in [2.45, 2.75) is 0 Å². The second-order valence-corrected chi connectivity index (χ2v) is 5.03. The van der Waals surface area contributed by atoms with Crippen LogP contribution in [0.15, 0.2) is 36.4 Å². The van der Waals surface area contributed by atoms with E-state index in [1.165, 1.54) is 51.7 Å². The molecule has 1 amide bonds. The van der Waals surface area contributed by atoms with Gasteiger partial charge < -0.3 is 24.3 Å². The van der Waals surface area contributed by atoms with Crippen molar-refractivity contribution in [3.63, 3.8) is 0 Å². The van der Waals surface area contributed by atoms with Crippen molar-refractivity contribution in [3.05, 3.63) is 47.8 Å². The number of nitrogens with one attached hydrogen (secondary N) is 1. The maximum Gasteiger partial charge on any atom is 0.343 e. The van der Waals surface area contributed by atoms with Crippen molar-refractivity contribution in [1.82, 2.24) is 0 Å². The van der Waals surface area contributed by atoms with Crippen LogP contribution in [0.3, 0.4) is 0 Å². The predicted molar refractivity (Wildman–Crippen MR) is 91.4 cm³/mol. The largest absolute Gasteiger partial charge is 0.494 e. The quantitative estimate of drug-likeness (QED) is 0.762. The Morgan fingerprint density at radius 3 is 2.27 bits per heavy atom. The first kappa shape index (κ1) is 19.0. The Morgan fingerprint density at radius 1 is 0.962 bits per heavy atom. The lowest BCUT2D eigenvalue weighted by Crippen LogP contribution is -2.14. The zero-order valence-electron chi connectivity index (χ0n) is 14.5. The molecule has 2 rings (SSSR count). The Kier molecular flexibility index (Phi) is 6.37. The highest BCUT2D eigenvalue weighted by Crippen LogP contribution is 2.29. The molecular weight excluding hydrogens is 345 g/mol. The number of methoxy groups -OCH3 is 3. The van der Waals surface area contributed by atoms with Gasteiger partial charge in [-0.05, 0) is 30.3 Å². The zero-order valence-corrected chi connectivity index (χ0v) is 14.5. The molecule has 0 heterocycles. The summed E-state index contributed by atoms with van der Waals surface area (Å²) in [5.41, 5.74) is 0.543. The number of carbonyl (C=O) groups excluding carboxylic acids is 2. The van der Waals surface area contributed by atoms with Gasteiger partial charge in [0, 0.05) is 17.3 Å². The van der Waals surface area contributed by atoms with Crippen molar-refractivity contribution in [2.24, 2.45) is 0 Å². The summed E-state index contributed by atoms with van der Waals surface area (Å²) in [4.78, 5) is 23.5. The van der Waals surface area contributed by atoms with Crippen LogP contribution < -0.4 is 19.5 Å². The smallest absolute Gasteiger partial charge is 0.343 e. The van der Waals surface area contributed by atoms with E-state index < -0.39 is 17.7 Å². The zero-order chi connectivity index (χ0) is 19.1. The van der Waals surface area contributed by atoms with Crippen molar-refractivity contribution in [3.8, 4) is 17.2 Å². The standard InChI is InChI=1S/C18H18FNO6/c1-23-14-7-5-12(9-13(14)19)20-18(22)11-4-6-15(16(8-11)24-2)26-10-17(21)25-3/h4-9H,10H2,1-3H3,(H,20,22). The Labute approximate surface area is 149 Å². The molecular formula is C18H18FNO6. The molecule has 7 nitrogen and oxygen atoms in total. The topological polar surface area (TPSA) is 83.1 Å². The fraction of sp³-hybridized carbons (Fsp3) is 0.222. The first-order chi connectivity index (χ1) is 12.5. The summed E-state index contributed by atoms with van der Waals surface area (Å²) < 4.78 is 33.5. The molecule has 0 saturated heterocycles. The van der Waals surface area contributed by atoms with Crippen LogP contribution in [0.1, 0.15) is 10.4 Å². The minimum absolute atomic E-state index is 0.0803. The van der Waals surface area contributed by atoms with E-state index in [2.05, 4.69) is 10.1 Å². The number of esters is 1. The first-order valence-electron chi connectivity index (χ1n) is 7.51. The van der Waals surface area contributed by atoms with E-state index in [1.807, 2.05) is 0 Å². The average Bonchev–Trinajstić information content (AvgIpc) is 2.65. The molecule has 8 heteroatoms. The van der Waals surface area contributed by atoms with E-state index in [1.54, 1.807) is 0 Å². The lowest BCUT2D eigenvalue weighted by Gasteiger charge is -2.12. The molecule has 0 bridgehead atoms. The van der Waals surface area contributed by atoms with Crippen LogP contribution in [0.25, 0.3) is 0 Å². The molecule has 138 valence electrons. The van der Waals surface area contributed by atoms with Crippen molar-refractivity contribution in [2.75, 3.05) is 33.3 Å². The summed E-state index contributed by atoms with van der Waals surface area (Å²) in [6.45, 7) is -0.288. The molecule has 0 aliphatic heterocycles. The van der Waals surface area contributed by atoms with Crippen LogP contribution in [0.4, 0.5) is 10.1 Å². The van der Waals surface area contributed by atoms with E-state index >= 15 is 0 Å². The highest BCUT2D eigenvalue weighted by molar-refractivity contribution is 6.04. The molecule has 0 aromatic heterocycles. The Bertz CT molecular complexity index is 808. The van der Waals surface area contributed by atoms with Gasteiger partial charge in [0.2, 0.25) is 0 Å². The third-order valence-corrected chi connectivity index (χ3v) is 3.41. The van der Waals surface area contributed by atoms with Gasteiger partial charge in [-0.25, -0.2) is 9.18 Å². The Hall–Kier alpha value is -3.29. The number of benzene rings is 2. The third kappa shape index (κ3) is 4.62. The van der Waals surface area contributed by atoms with Crippen molar-refractivity contribution < 1.29 is 32.9 Å². The lowest BCUT2D eigenvalue weighted by molar-refractivity contribution is -0.142. The molecule has 0 fully saturated rings. The molecule has 0 aliphatic carbocycles. The number of rotatable bonds is 7. The summed E-state index contributed by atoms with van der Waals surface area (Å²) in [5, 5.41) is 2.58. The van der Waals surface area contributed by atoms with Gasteiger partial charge >= 0.3 is 5.97 Å². The number of ether oxygens (including phenoxy) is 4. The van der Waals surface area contributed by atoms with E-state index in [0.717, 1.165) is 6.07 Å². The second-order valence-electron chi connectivity index (χ2n) is 5.03. The monoisotopic (exact) mass is 363 g/mol. The van der Waals surface area contributed by atoms with E-state index in [0.29, 0.717) is 0 Å². The number of hydrogen-bond donors (Lipinski definition) is 1. The van der Waals surface area contributed by atoms with Crippen LogP contribution in [-0.2, 0) is 9.53 Å². The molecule has 2 aromatic carbocycles. The molecule has 0 atom stereocenters. The Balaban J connectivity index is 2.13. The number of carbonyl (C=O) groups is 2. The molecule has 26 heavy (non-hydrogen) atoms. The highest BCUT2D eigenvalue weighted by Gasteiger charge is 2.14. The summed E-state index contributed by atoms with van der Waals surface area (Å²) in [5.74, 6) is -0.971. The molecule has 0 aliphatic rings. The molecule has 0 radical (unpaired) electrons.